The largest absolute Gasteiger partial charge is 0.391 e. The summed E-state index contributed by atoms with van der Waals surface area (Å²) in [6.07, 6.45) is 4.16. The van der Waals surface area contributed by atoms with Crippen molar-refractivity contribution in [1.29, 1.82) is 0 Å². The van der Waals surface area contributed by atoms with Gasteiger partial charge in [-0.1, -0.05) is 20.3 Å². The number of nitrogens with zero attached hydrogens (tertiary/aromatic N) is 2. The molecule has 1 N–H and O–H groups in total. The van der Waals surface area contributed by atoms with Gasteiger partial charge in [0.15, 0.2) is 0 Å². The van der Waals surface area contributed by atoms with Crippen LogP contribution in [-0.2, 0) is 0 Å². The van der Waals surface area contributed by atoms with Crippen molar-refractivity contribution in [3.63, 3.8) is 0 Å². The number of likely N-dealkylation sites (tertiary alicyclic amines) is 1. The molecule has 0 amide bonds. The molecule has 96 valence electrons. The second-order valence-electron chi connectivity index (χ2n) is 5.23. The van der Waals surface area contributed by atoms with Crippen molar-refractivity contribution in [2.24, 2.45) is 0 Å². The lowest BCUT2D eigenvalue weighted by atomic mass is 10.0. The minimum absolute atomic E-state index is 0.143. The van der Waals surface area contributed by atoms with E-state index < -0.39 is 0 Å². The standard InChI is InChI=1S/C13H28N2O/c1-5-7-13(16)12(6-2)15-9-8-11(10-15)14(3)4/h11-13,16H,5-10H2,1-4H3. The van der Waals surface area contributed by atoms with Crippen LogP contribution in [-0.4, -0.2) is 60.3 Å². The quantitative estimate of drug-likeness (QED) is 0.747. The summed E-state index contributed by atoms with van der Waals surface area (Å²) in [5.41, 5.74) is 0. The zero-order valence-corrected chi connectivity index (χ0v) is 11.3. The number of likely N-dealkylation sites (N-methyl/N-ethyl adjacent to an activating group) is 1. The molecule has 3 atom stereocenters. The van der Waals surface area contributed by atoms with Crippen LogP contribution in [0.1, 0.15) is 39.5 Å². The number of aliphatic hydroxyl groups is 1. The molecule has 3 nitrogen and oxygen atoms in total. The van der Waals surface area contributed by atoms with Crippen molar-refractivity contribution in [2.75, 3.05) is 27.2 Å². The van der Waals surface area contributed by atoms with Crippen LogP contribution in [0.4, 0.5) is 0 Å². The lowest BCUT2D eigenvalue weighted by Gasteiger charge is -2.31. The predicted molar refractivity (Wildman–Crippen MR) is 68.7 cm³/mol. The zero-order chi connectivity index (χ0) is 12.1. The SMILES string of the molecule is CCCC(O)C(CC)N1CCC(N(C)C)C1. The van der Waals surface area contributed by atoms with Crippen LogP contribution in [0.2, 0.25) is 0 Å². The molecule has 3 unspecified atom stereocenters. The van der Waals surface area contributed by atoms with Crippen LogP contribution in [0.3, 0.4) is 0 Å². The maximum Gasteiger partial charge on any atom is 0.0695 e. The molecule has 0 aromatic carbocycles. The van der Waals surface area contributed by atoms with Crippen molar-refractivity contribution in [2.45, 2.75) is 57.7 Å². The van der Waals surface area contributed by atoms with Gasteiger partial charge in [-0.15, -0.1) is 0 Å². The summed E-state index contributed by atoms with van der Waals surface area (Å²) >= 11 is 0. The Bertz CT molecular complexity index is 196. The van der Waals surface area contributed by atoms with Crippen molar-refractivity contribution in [1.82, 2.24) is 9.80 Å². The van der Waals surface area contributed by atoms with Crippen molar-refractivity contribution >= 4 is 0 Å². The highest BCUT2D eigenvalue weighted by molar-refractivity contribution is 4.87. The van der Waals surface area contributed by atoms with Crippen LogP contribution in [0.15, 0.2) is 0 Å². The Morgan fingerprint density at radius 1 is 1.38 bits per heavy atom. The van der Waals surface area contributed by atoms with Gasteiger partial charge in [0.1, 0.15) is 0 Å². The summed E-state index contributed by atoms with van der Waals surface area (Å²) < 4.78 is 0. The minimum Gasteiger partial charge on any atom is -0.391 e. The molecule has 16 heavy (non-hydrogen) atoms. The highest BCUT2D eigenvalue weighted by Crippen LogP contribution is 2.21. The smallest absolute Gasteiger partial charge is 0.0695 e. The third-order valence-electron chi connectivity index (χ3n) is 3.84. The second kappa shape index (κ2) is 6.58. The second-order valence-corrected chi connectivity index (χ2v) is 5.23. The van der Waals surface area contributed by atoms with E-state index in [0.29, 0.717) is 12.1 Å². The fraction of sp³-hybridized carbons (Fsp3) is 1.00. The first kappa shape index (κ1) is 13.9. The minimum atomic E-state index is -0.143. The maximum atomic E-state index is 10.1. The molecule has 1 heterocycles. The molecule has 0 bridgehead atoms. The lowest BCUT2D eigenvalue weighted by molar-refractivity contribution is 0.0500. The Labute approximate surface area is 100 Å². The third-order valence-corrected chi connectivity index (χ3v) is 3.84. The highest BCUT2D eigenvalue weighted by atomic mass is 16.3. The van der Waals surface area contributed by atoms with E-state index in [4.69, 9.17) is 0 Å². The van der Waals surface area contributed by atoms with Crippen LogP contribution in [0.25, 0.3) is 0 Å². The van der Waals surface area contributed by atoms with Gasteiger partial charge in [0.25, 0.3) is 0 Å². The maximum absolute atomic E-state index is 10.1. The van der Waals surface area contributed by atoms with E-state index in [9.17, 15) is 5.11 Å². The molecule has 0 aromatic rings. The predicted octanol–water partition coefficient (Wildman–Crippen LogP) is 1.56. The first-order valence-electron chi connectivity index (χ1n) is 6.68. The summed E-state index contributed by atoms with van der Waals surface area (Å²) in [7, 11) is 4.30. The van der Waals surface area contributed by atoms with Gasteiger partial charge in [0.05, 0.1) is 6.10 Å². The molecule has 1 aliphatic heterocycles. The molecule has 0 radical (unpaired) electrons. The fourth-order valence-corrected chi connectivity index (χ4v) is 2.75. The molecule has 1 aliphatic rings. The van der Waals surface area contributed by atoms with E-state index in [1.54, 1.807) is 0 Å². The van der Waals surface area contributed by atoms with Gasteiger partial charge in [-0.2, -0.15) is 0 Å². The van der Waals surface area contributed by atoms with Crippen molar-refractivity contribution in [3.05, 3.63) is 0 Å². The molecule has 0 aromatic heterocycles. The van der Waals surface area contributed by atoms with E-state index >= 15 is 0 Å². The summed E-state index contributed by atoms with van der Waals surface area (Å²) in [6.45, 7) is 6.59. The van der Waals surface area contributed by atoms with Gasteiger partial charge >= 0.3 is 0 Å². The Morgan fingerprint density at radius 2 is 2.06 bits per heavy atom. The van der Waals surface area contributed by atoms with Crippen LogP contribution >= 0.6 is 0 Å². The van der Waals surface area contributed by atoms with Gasteiger partial charge in [-0.05, 0) is 33.4 Å². The molecule has 3 heteroatoms. The van der Waals surface area contributed by atoms with E-state index in [2.05, 4.69) is 37.7 Å². The van der Waals surface area contributed by atoms with Gasteiger partial charge in [-0.25, -0.2) is 0 Å². The Hall–Kier alpha value is -0.120. The van der Waals surface area contributed by atoms with E-state index in [-0.39, 0.29) is 6.10 Å². The van der Waals surface area contributed by atoms with Gasteiger partial charge in [0, 0.05) is 25.2 Å². The summed E-state index contributed by atoms with van der Waals surface area (Å²) in [5.74, 6) is 0. The van der Waals surface area contributed by atoms with E-state index in [1.807, 2.05) is 0 Å². The summed E-state index contributed by atoms with van der Waals surface area (Å²) in [4.78, 5) is 4.78. The number of hydrogen-bond donors (Lipinski definition) is 1. The van der Waals surface area contributed by atoms with Crippen molar-refractivity contribution < 1.29 is 5.11 Å². The monoisotopic (exact) mass is 228 g/mol. The number of aliphatic hydroxyl groups excluding tert-OH is 1. The lowest BCUT2D eigenvalue weighted by Crippen LogP contribution is -2.43. The topological polar surface area (TPSA) is 26.7 Å². The Kier molecular flexibility index (Phi) is 5.73. The number of rotatable bonds is 6. The van der Waals surface area contributed by atoms with Gasteiger partial charge in [-0.3, -0.25) is 4.90 Å². The fourth-order valence-electron chi connectivity index (χ4n) is 2.75. The average molecular weight is 228 g/mol. The normalized spacial score (nSPS) is 26.2. The van der Waals surface area contributed by atoms with E-state index in [1.165, 1.54) is 6.42 Å². The van der Waals surface area contributed by atoms with Crippen molar-refractivity contribution in [3.8, 4) is 0 Å². The molecular weight excluding hydrogens is 200 g/mol. The zero-order valence-electron chi connectivity index (χ0n) is 11.3. The molecule has 0 saturated carbocycles. The molecule has 1 saturated heterocycles. The third kappa shape index (κ3) is 3.44. The molecular formula is C13H28N2O. The first-order chi connectivity index (χ1) is 7.60. The molecule has 0 aliphatic carbocycles. The van der Waals surface area contributed by atoms with E-state index in [0.717, 1.165) is 32.4 Å². The Morgan fingerprint density at radius 3 is 2.50 bits per heavy atom. The summed E-state index contributed by atoms with van der Waals surface area (Å²) in [6, 6.07) is 1.03. The average Bonchev–Trinajstić information content (AvgIpc) is 2.68. The highest BCUT2D eigenvalue weighted by Gasteiger charge is 2.31. The van der Waals surface area contributed by atoms with Gasteiger partial charge in [0.2, 0.25) is 0 Å². The first-order valence-corrected chi connectivity index (χ1v) is 6.68. The van der Waals surface area contributed by atoms with Gasteiger partial charge < -0.3 is 10.0 Å². The molecule has 1 rings (SSSR count). The summed E-state index contributed by atoms with van der Waals surface area (Å²) in [5, 5.41) is 10.1. The molecule has 1 fully saturated rings. The number of hydrogen-bond acceptors (Lipinski definition) is 3. The van der Waals surface area contributed by atoms with Crippen LogP contribution in [0, 0.1) is 0 Å². The molecule has 0 spiro atoms. The van der Waals surface area contributed by atoms with Crippen LogP contribution in [0.5, 0.6) is 0 Å². The van der Waals surface area contributed by atoms with Crippen LogP contribution < -0.4 is 0 Å². The Balaban J connectivity index is 2.49.